The van der Waals surface area contributed by atoms with Crippen molar-refractivity contribution in [2.75, 3.05) is 32.7 Å². The predicted octanol–water partition coefficient (Wildman–Crippen LogP) is 3.11. The maximum Gasteiger partial charge on any atom is 0.00361 e. The van der Waals surface area contributed by atoms with Crippen LogP contribution < -0.4 is 5.32 Å². The van der Waals surface area contributed by atoms with E-state index in [0.717, 1.165) is 5.92 Å². The summed E-state index contributed by atoms with van der Waals surface area (Å²) in [6, 6.07) is 9.00. The molecule has 2 aliphatic heterocycles. The summed E-state index contributed by atoms with van der Waals surface area (Å²) in [5.41, 5.74) is 3.55. The first-order valence-electron chi connectivity index (χ1n) is 8.65. The summed E-state index contributed by atoms with van der Waals surface area (Å²) in [5.74, 6) is 0.830. The third-order valence-electron chi connectivity index (χ3n) is 5.55. The molecule has 0 aliphatic carbocycles. The summed E-state index contributed by atoms with van der Waals surface area (Å²) in [4.78, 5) is 2.70. The van der Waals surface area contributed by atoms with Crippen molar-refractivity contribution in [2.45, 2.75) is 39.5 Å². The Bertz CT molecular complexity index is 433. The molecule has 1 N–H and O–H groups in total. The molecule has 116 valence electrons. The van der Waals surface area contributed by atoms with Crippen LogP contribution in [0.15, 0.2) is 24.3 Å². The lowest BCUT2D eigenvalue weighted by atomic mass is 9.74. The van der Waals surface area contributed by atoms with E-state index in [2.05, 4.69) is 48.3 Å². The van der Waals surface area contributed by atoms with Crippen molar-refractivity contribution in [1.82, 2.24) is 10.2 Å². The number of fused-ring (bicyclic) bond motifs is 1. The highest BCUT2D eigenvalue weighted by Gasteiger charge is 2.32. The second kappa shape index (κ2) is 6.50. The normalized spacial score (nSPS) is 24.4. The molecule has 2 nitrogen and oxygen atoms in total. The van der Waals surface area contributed by atoms with Gasteiger partial charge in [0.25, 0.3) is 0 Å². The smallest absolute Gasteiger partial charge is 0.00361 e. The van der Waals surface area contributed by atoms with Gasteiger partial charge in [0.05, 0.1) is 0 Å². The molecular formula is C19H30N2. The lowest BCUT2D eigenvalue weighted by Crippen LogP contribution is -2.45. The summed E-state index contributed by atoms with van der Waals surface area (Å²) in [6.45, 7) is 11.1. The van der Waals surface area contributed by atoms with Gasteiger partial charge < -0.3 is 10.2 Å². The third kappa shape index (κ3) is 3.67. The summed E-state index contributed by atoms with van der Waals surface area (Å²) in [6.07, 6.45) is 5.18. The zero-order valence-corrected chi connectivity index (χ0v) is 13.7. The summed E-state index contributed by atoms with van der Waals surface area (Å²) in [7, 11) is 0. The molecule has 0 bridgehead atoms. The Balaban J connectivity index is 1.61. The van der Waals surface area contributed by atoms with Gasteiger partial charge in [-0.1, -0.05) is 38.1 Å². The van der Waals surface area contributed by atoms with E-state index < -0.39 is 0 Å². The van der Waals surface area contributed by atoms with Crippen LogP contribution in [0.4, 0.5) is 0 Å². The first kappa shape index (κ1) is 15.1. The van der Waals surface area contributed by atoms with Gasteiger partial charge in [0, 0.05) is 19.6 Å². The topological polar surface area (TPSA) is 15.3 Å². The van der Waals surface area contributed by atoms with Crippen LogP contribution in [0, 0.1) is 11.3 Å². The van der Waals surface area contributed by atoms with Crippen molar-refractivity contribution in [3.05, 3.63) is 35.4 Å². The Labute approximate surface area is 129 Å². The summed E-state index contributed by atoms with van der Waals surface area (Å²) in [5, 5.41) is 3.59. The molecule has 21 heavy (non-hydrogen) atoms. The van der Waals surface area contributed by atoms with E-state index in [9.17, 15) is 0 Å². The van der Waals surface area contributed by atoms with Crippen molar-refractivity contribution in [1.29, 1.82) is 0 Å². The van der Waals surface area contributed by atoms with E-state index in [1.54, 1.807) is 11.1 Å². The van der Waals surface area contributed by atoms with Crippen LogP contribution in [0.5, 0.6) is 0 Å². The number of hydrogen-bond acceptors (Lipinski definition) is 2. The van der Waals surface area contributed by atoms with Crippen molar-refractivity contribution >= 4 is 0 Å². The lowest BCUT2D eigenvalue weighted by molar-refractivity contribution is 0.103. The number of benzene rings is 1. The second-order valence-electron chi connectivity index (χ2n) is 7.58. The third-order valence-corrected chi connectivity index (χ3v) is 5.55. The van der Waals surface area contributed by atoms with Crippen LogP contribution in [-0.4, -0.2) is 37.6 Å². The molecule has 0 radical (unpaired) electrons. The molecule has 0 saturated carbocycles. The highest BCUT2D eigenvalue weighted by molar-refractivity contribution is 5.28. The molecule has 1 unspecified atom stereocenters. The molecule has 2 heterocycles. The molecule has 1 saturated heterocycles. The van der Waals surface area contributed by atoms with E-state index in [-0.39, 0.29) is 0 Å². The molecule has 1 aromatic rings. The van der Waals surface area contributed by atoms with Crippen LogP contribution in [-0.2, 0) is 12.8 Å². The fraction of sp³-hybridized carbons (Fsp3) is 0.684. The van der Waals surface area contributed by atoms with Crippen LogP contribution in [0.1, 0.15) is 37.8 Å². The molecule has 0 amide bonds. The fourth-order valence-electron chi connectivity index (χ4n) is 4.10. The number of piperidine rings is 1. The Morgan fingerprint density at radius 3 is 2.38 bits per heavy atom. The quantitative estimate of drug-likeness (QED) is 0.918. The number of nitrogens with zero attached hydrogens (tertiary/aromatic N) is 1. The average Bonchev–Trinajstić information content (AvgIpc) is 2.71. The van der Waals surface area contributed by atoms with Gasteiger partial charge in [-0.25, -0.2) is 0 Å². The SMILES string of the molecule is CC(C)(CN1CCc2ccccc2CC1)C1CCCNC1. The second-order valence-corrected chi connectivity index (χ2v) is 7.58. The van der Waals surface area contributed by atoms with Gasteiger partial charge in [0.2, 0.25) is 0 Å². The minimum absolute atomic E-state index is 0.421. The van der Waals surface area contributed by atoms with Gasteiger partial charge >= 0.3 is 0 Å². The zero-order chi connectivity index (χ0) is 14.7. The fourth-order valence-corrected chi connectivity index (χ4v) is 4.10. The maximum atomic E-state index is 3.59. The maximum absolute atomic E-state index is 3.59. The van der Waals surface area contributed by atoms with Crippen molar-refractivity contribution in [3.63, 3.8) is 0 Å². The Morgan fingerprint density at radius 1 is 1.14 bits per heavy atom. The van der Waals surface area contributed by atoms with Crippen LogP contribution in [0.2, 0.25) is 0 Å². The monoisotopic (exact) mass is 286 g/mol. The lowest BCUT2D eigenvalue weighted by Gasteiger charge is -2.40. The Morgan fingerprint density at radius 2 is 1.81 bits per heavy atom. The molecule has 1 atom stereocenters. The number of nitrogens with one attached hydrogen (secondary N) is 1. The van der Waals surface area contributed by atoms with Gasteiger partial charge in [-0.15, -0.1) is 0 Å². The highest BCUT2D eigenvalue weighted by Crippen LogP contribution is 2.33. The molecule has 1 aromatic carbocycles. The van der Waals surface area contributed by atoms with Crippen molar-refractivity contribution in [3.8, 4) is 0 Å². The first-order chi connectivity index (χ1) is 10.1. The van der Waals surface area contributed by atoms with Crippen LogP contribution in [0.3, 0.4) is 0 Å². The van der Waals surface area contributed by atoms with Gasteiger partial charge in [-0.3, -0.25) is 0 Å². The highest BCUT2D eigenvalue weighted by atomic mass is 15.1. The minimum atomic E-state index is 0.421. The number of rotatable bonds is 3. The molecule has 2 aliphatic rings. The van der Waals surface area contributed by atoms with E-state index in [0.29, 0.717) is 5.41 Å². The molecule has 2 heteroatoms. The molecular weight excluding hydrogens is 256 g/mol. The molecule has 0 spiro atoms. The van der Waals surface area contributed by atoms with Crippen molar-refractivity contribution in [2.24, 2.45) is 11.3 Å². The van der Waals surface area contributed by atoms with Gasteiger partial charge in [0.15, 0.2) is 0 Å². The van der Waals surface area contributed by atoms with Gasteiger partial charge in [-0.2, -0.15) is 0 Å². The van der Waals surface area contributed by atoms with E-state index in [1.165, 1.54) is 58.4 Å². The first-order valence-corrected chi connectivity index (χ1v) is 8.65. The summed E-state index contributed by atoms with van der Waals surface area (Å²) >= 11 is 0. The van der Waals surface area contributed by atoms with Gasteiger partial charge in [0.1, 0.15) is 0 Å². The van der Waals surface area contributed by atoms with Crippen LogP contribution >= 0.6 is 0 Å². The minimum Gasteiger partial charge on any atom is -0.316 e. The van der Waals surface area contributed by atoms with E-state index in [4.69, 9.17) is 0 Å². The average molecular weight is 286 g/mol. The Hall–Kier alpha value is -0.860. The summed E-state index contributed by atoms with van der Waals surface area (Å²) < 4.78 is 0. The molecule has 3 rings (SSSR count). The number of hydrogen-bond donors (Lipinski definition) is 1. The van der Waals surface area contributed by atoms with Crippen molar-refractivity contribution < 1.29 is 0 Å². The van der Waals surface area contributed by atoms with Gasteiger partial charge in [-0.05, 0) is 61.2 Å². The largest absolute Gasteiger partial charge is 0.316 e. The molecule has 0 aromatic heterocycles. The van der Waals surface area contributed by atoms with Crippen LogP contribution in [0.25, 0.3) is 0 Å². The predicted molar refractivity (Wildman–Crippen MR) is 89.7 cm³/mol. The van der Waals surface area contributed by atoms with E-state index in [1.807, 2.05) is 0 Å². The van der Waals surface area contributed by atoms with E-state index >= 15 is 0 Å². The Kier molecular flexibility index (Phi) is 4.66. The zero-order valence-electron chi connectivity index (χ0n) is 13.7. The standard InChI is InChI=1S/C19H30N2/c1-19(2,18-8-5-11-20-14-18)15-21-12-9-16-6-3-4-7-17(16)10-13-21/h3-4,6-7,18,20H,5,8-15H2,1-2H3. The molecule has 1 fully saturated rings.